The third-order valence-electron chi connectivity index (χ3n) is 5.68. The zero-order chi connectivity index (χ0) is 22.5. The minimum absolute atomic E-state index is 0.536. The molecule has 4 heterocycles. The largest absolute Gasteiger partial charge is 0.478 e. The van der Waals surface area contributed by atoms with E-state index in [1.165, 1.54) is 36.7 Å². The monoisotopic (exact) mass is 436 g/mol. The molecule has 0 atom stereocenters. The van der Waals surface area contributed by atoms with Gasteiger partial charge in [-0.2, -0.15) is 0 Å². The number of aliphatic carboxylic acids is 2. The van der Waals surface area contributed by atoms with E-state index >= 15 is 0 Å². The third kappa shape index (κ3) is 5.12. The van der Waals surface area contributed by atoms with E-state index in [4.69, 9.17) is 14.6 Å². The van der Waals surface area contributed by atoms with E-state index in [1.807, 2.05) is 0 Å². The lowest BCUT2D eigenvalue weighted by atomic mass is 10.1. The zero-order valence-electron chi connectivity index (χ0n) is 17.4. The number of carboxylic acid groups (broad SMARTS) is 2. The number of benzene rings is 2. The molecule has 2 bridgehead atoms. The van der Waals surface area contributed by atoms with Gasteiger partial charge in [0.15, 0.2) is 0 Å². The van der Waals surface area contributed by atoms with E-state index in [2.05, 4.69) is 62.5 Å². The topological polar surface area (TPSA) is 120 Å². The maximum Gasteiger partial charge on any atom is 0.328 e. The lowest BCUT2D eigenvalue weighted by Gasteiger charge is -2.29. The van der Waals surface area contributed by atoms with Crippen molar-refractivity contribution in [2.24, 2.45) is 0 Å². The molecule has 2 N–H and O–H groups in total. The highest BCUT2D eigenvalue weighted by Crippen LogP contribution is 2.29. The van der Waals surface area contributed by atoms with E-state index in [-0.39, 0.29) is 0 Å². The molecule has 0 aliphatic carbocycles. The number of anilines is 1. The summed E-state index contributed by atoms with van der Waals surface area (Å²) in [6, 6.07) is 15.8. The van der Waals surface area contributed by atoms with Crippen LogP contribution < -0.4 is 4.90 Å². The molecule has 1 aromatic heterocycles. The molecular formula is C23H24N4O5. The molecule has 3 aliphatic rings. The van der Waals surface area contributed by atoms with Gasteiger partial charge in [0.2, 0.25) is 5.89 Å². The Morgan fingerprint density at radius 2 is 1.59 bits per heavy atom. The quantitative estimate of drug-likeness (QED) is 0.595. The molecule has 0 amide bonds. The molecular weight excluding hydrogens is 412 g/mol. The van der Waals surface area contributed by atoms with Crippen LogP contribution in [0.4, 0.5) is 6.01 Å². The number of hydrogen-bond donors (Lipinski definition) is 2. The second-order valence-electron chi connectivity index (χ2n) is 7.73. The Morgan fingerprint density at radius 3 is 2.28 bits per heavy atom. The maximum atomic E-state index is 9.55. The van der Waals surface area contributed by atoms with Gasteiger partial charge in [-0.25, -0.2) is 9.59 Å². The molecule has 3 aromatic rings. The fourth-order valence-electron chi connectivity index (χ4n) is 4.05. The first-order chi connectivity index (χ1) is 15.5. The highest BCUT2D eigenvalue weighted by atomic mass is 16.4. The number of piperidine rings is 1. The van der Waals surface area contributed by atoms with Gasteiger partial charge in [-0.3, -0.25) is 0 Å². The second-order valence-corrected chi connectivity index (χ2v) is 7.73. The summed E-state index contributed by atoms with van der Waals surface area (Å²) in [5.74, 6) is -1.91. The van der Waals surface area contributed by atoms with E-state index < -0.39 is 11.9 Å². The minimum atomic E-state index is -1.26. The Bertz CT molecular complexity index is 1120. The van der Waals surface area contributed by atoms with Crippen LogP contribution in [0.5, 0.6) is 0 Å². The summed E-state index contributed by atoms with van der Waals surface area (Å²) in [5, 5.41) is 26.7. The summed E-state index contributed by atoms with van der Waals surface area (Å²) in [7, 11) is 0. The number of hydrogen-bond acceptors (Lipinski definition) is 7. The highest BCUT2D eigenvalue weighted by molar-refractivity contribution is 5.89. The fourth-order valence-corrected chi connectivity index (χ4v) is 4.05. The molecule has 9 nitrogen and oxygen atoms in total. The van der Waals surface area contributed by atoms with Crippen LogP contribution in [0.15, 0.2) is 59.0 Å². The Labute approximate surface area is 184 Å². The number of nitrogens with zero attached hydrogens (tertiary/aromatic N) is 4. The molecule has 0 radical (unpaired) electrons. The van der Waals surface area contributed by atoms with Crippen LogP contribution in [0.2, 0.25) is 0 Å². The lowest BCUT2D eigenvalue weighted by Crippen LogP contribution is -2.38. The molecule has 0 spiro atoms. The van der Waals surface area contributed by atoms with Crippen molar-refractivity contribution in [2.45, 2.75) is 18.9 Å². The van der Waals surface area contributed by atoms with Crippen molar-refractivity contribution in [3.63, 3.8) is 0 Å². The van der Waals surface area contributed by atoms with Gasteiger partial charge >= 0.3 is 18.0 Å². The van der Waals surface area contributed by atoms with Gasteiger partial charge < -0.3 is 24.4 Å². The second kappa shape index (κ2) is 9.61. The van der Waals surface area contributed by atoms with Gasteiger partial charge in [0.05, 0.1) is 0 Å². The fraction of sp³-hybridized carbons (Fsp3) is 0.304. The Kier molecular flexibility index (Phi) is 6.46. The van der Waals surface area contributed by atoms with Crippen molar-refractivity contribution in [3.05, 3.63) is 54.6 Å². The van der Waals surface area contributed by atoms with Crippen molar-refractivity contribution in [1.29, 1.82) is 0 Å². The van der Waals surface area contributed by atoms with Crippen LogP contribution in [-0.2, 0) is 9.59 Å². The predicted molar refractivity (Wildman–Crippen MR) is 118 cm³/mol. The van der Waals surface area contributed by atoms with Crippen molar-refractivity contribution in [1.82, 2.24) is 15.1 Å². The first kappa shape index (κ1) is 21.5. The van der Waals surface area contributed by atoms with Gasteiger partial charge in [0.25, 0.3) is 0 Å². The summed E-state index contributed by atoms with van der Waals surface area (Å²) in [6.45, 7) is 4.44. The van der Waals surface area contributed by atoms with Gasteiger partial charge in [-0.15, -0.1) is 5.10 Å². The van der Waals surface area contributed by atoms with Gasteiger partial charge in [0.1, 0.15) is 0 Å². The van der Waals surface area contributed by atoms with Crippen molar-refractivity contribution < 1.29 is 24.2 Å². The van der Waals surface area contributed by atoms with Crippen molar-refractivity contribution in [2.75, 3.05) is 31.1 Å². The van der Waals surface area contributed by atoms with Crippen LogP contribution in [0, 0.1) is 0 Å². The average molecular weight is 436 g/mol. The van der Waals surface area contributed by atoms with Gasteiger partial charge in [-0.1, -0.05) is 35.4 Å². The first-order valence-corrected chi connectivity index (χ1v) is 10.5. The normalized spacial score (nSPS) is 20.1. The Balaban J connectivity index is 0.000000265. The van der Waals surface area contributed by atoms with E-state index in [9.17, 15) is 9.59 Å². The zero-order valence-corrected chi connectivity index (χ0v) is 17.4. The Hall–Kier alpha value is -3.72. The molecule has 0 saturated carbocycles. The molecule has 2 aromatic carbocycles. The average Bonchev–Trinajstić information content (AvgIpc) is 3.10. The number of fused-ring (bicyclic) bond motifs is 5. The number of rotatable bonds is 4. The van der Waals surface area contributed by atoms with Crippen LogP contribution in [0.25, 0.3) is 22.2 Å². The molecule has 3 fully saturated rings. The van der Waals surface area contributed by atoms with Crippen LogP contribution in [-0.4, -0.2) is 69.5 Å². The smallest absolute Gasteiger partial charge is 0.328 e. The SMILES string of the molecule is O=C(O)/C=C/C(=O)O.c1ccc2cc(-c3nnc(N4CCN5CCC4CC5)o3)ccc2c1. The van der Waals surface area contributed by atoms with Crippen LogP contribution in [0.3, 0.4) is 0 Å². The molecule has 3 saturated heterocycles. The number of carbonyl (C=O) groups is 2. The minimum Gasteiger partial charge on any atom is -0.478 e. The summed E-state index contributed by atoms with van der Waals surface area (Å²) in [4.78, 5) is 23.9. The predicted octanol–water partition coefficient (Wildman–Crippen LogP) is 2.89. The van der Waals surface area contributed by atoms with E-state index in [0.29, 0.717) is 30.1 Å². The standard InChI is InChI=1S/C19H20N4O.C4H4O4/c1-2-4-15-13-16(6-5-14(15)3-1)18-20-21-19(24-18)23-12-11-22-9-7-17(23)8-10-22;5-3(6)1-2-4(7)8/h1-6,13,17H,7-12H2;1-2H,(H,5,6)(H,7,8)/b;2-1+. The molecule has 32 heavy (non-hydrogen) atoms. The van der Waals surface area contributed by atoms with Gasteiger partial charge in [-0.05, 0) is 35.7 Å². The Morgan fingerprint density at radius 1 is 0.906 bits per heavy atom. The molecule has 9 heteroatoms. The van der Waals surface area contributed by atoms with Crippen LogP contribution >= 0.6 is 0 Å². The summed E-state index contributed by atoms with van der Waals surface area (Å²) >= 11 is 0. The maximum absolute atomic E-state index is 9.55. The first-order valence-electron chi connectivity index (χ1n) is 10.5. The number of aromatic nitrogens is 2. The van der Waals surface area contributed by atoms with Gasteiger partial charge in [0, 0.05) is 49.9 Å². The molecule has 3 aliphatic heterocycles. The summed E-state index contributed by atoms with van der Waals surface area (Å²) < 4.78 is 6.05. The number of carboxylic acids is 2. The lowest BCUT2D eigenvalue weighted by molar-refractivity contribution is -0.134. The molecule has 6 rings (SSSR count). The summed E-state index contributed by atoms with van der Waals surface area (Å²) in [5.41, 5.74) is 0.982. The highest BCUT2D eigenvalue weighted by Gasteiger charge is 2.31. The van der Waals surface area contributed by atoms with Crippen LogP contribution in [0.1, 0.15) is 12.8 Å². The molecule has 166 valence electrons. The third-order valence-corrected chi connectivity index (χ3v) is 5.68. The van der Waals surface area contributed by atoms with E-state index in [1.54, 1.807) is 0 Å². The van der Waals surface area contributed by atoms with Crippen molar-refractivity contribution >= 4 is 28.7 Å². The van der Waals surface area contributed by atoms with Crippen molar-refractivity contribution in [3.8, 4) is 11.5 Å². The van der Waals surface area contributed by atoms with E-state index in [0.717, 1.165) is 18.7 Å². The summed E-state index contributed by atoms with van der Waals surface area (Å²) in [6.07, 6.45) is 3.49. The molecule has 0 unspecified atom stereocenters.